The normalized spacial score (nSPS) is 11.1. The predicted octanol–water partition coefficient (Wildman–Crippen LogP) is 5.03. The van der Waals surface area contributed by atoms with Crippen molar-refractivity contribution < 1.29 is 0 Å². The molecule has 3 rings (SSSR count). The highest BCUT2D eigenvalue weighted by atomic mass is 32.1. The highest BCUT2D eigenvalue weighted by Crippen LogP contribution is 2.25. The van der Waals surface area contributed by atoms with Gasteiger partial charge in [-0.3, -0.25) is 0 Å². The molecule has 0 fully saturated rings. The van der Waals surface area contributed by atoms with Crippen LogP contribution in [0.15, 0.2) is 72.1 Å². The van der Waals surface area contributed by atoms with Crippen molar-refractivity contribution in [1.82, 2.24) is 10.2 Å². The number of thiophene rings is 1. The standard InChI is InChI=1S/C22H26N2S/c1-24(17-19-9-4-2-5-10-19)14-8-13-23-16-22-15-21(18-25-22)20-11-6-3-7-12-20/h2-7,9-12,15,18,23H,8,13-14,16-17H2,1H3. The maximum atomic E-state index is 3.57. The number of hydrogen-bond donors (Lipinski definition) is 1. The number of nitrogens with one attached hydrogen (secondary N) is 1. The average Bonchev–Trinajstić information content (AvgIpc) is 3.12. The molecule has 2 nitrogen and oxygen atoms in total. The Morgan fingerprint density at radius 3 is 2.40 bits per heavy atom. The average molecular weight is 351 g/mol. The lowest BCUT2D eigenvalue weighted by Gasteiger charge is -2.16. The van der Waals surface area contributed by atoms with Crippen LogP contribution >= 0.6 is 11.3 Å². The molecule has 0 radical (unpaired) electrons. The Kier molecular flexibility index (Phi) is 6.80. The van der Waals surface area contributed by atoms with E-state index in [0.29, 0.717) is 0 Å². The van der Waals surface area contributed by atoms with Crippen LogP contribution in [0.2, 0.25) is 0 Å². The van der Waals surface area contributed by atoms with Crippen molar-refractivity contribution >= 4 is 11.3 Å². The first-order valence-electron chi connectivity index (χ1n) is 8.87. The van der Waals surface area contributed by atoms with E-state index >= 15 is 0 Å². The van der Waals surface area contributed by atoms with Crippen LogP contribution in [0.25, 0.3) is 11.1 Å². The monoisotopic (exact) mass is 350 g/mol. The molecule has 3 heteroatoms. The topological polar surface area (TPSA) is 15.3 Å². The maximum absolute atomic E-state index is 3.57. The quantitative estimate of drug-likeness (QED) is 0.545. The number of hydrogen-bond acceptors (Lipinski definition) is 3. The Hall–Kier alpha value is -1.94. The summed E-state index contributed by atoms with van der Waals surface area (Å²) in [5.41, 5.74) is 4.00. The molecule has 1 N–H and O–H groups in total. The summed E-state index contributed by atoms with van der Waals surface area (Å²) in [6.07, 6.45) is 1.17. The Balaban J connectivity index is 1.34. The number of benzene rings is 2. The van der Waals surface area contributed by atoms with E-state index in [1.807, 2.05) is 11.3 Å². The molecule has 3 aromatic rings. The third-order valence-corrected chi connectivity index (χ3v) is 5.19. The number of rotatable bonds is 9. The predicted molar refractivity (Wildman–Crippen MR) is 109 cm³/mol. The fourth-order valence-corrected chi connectivity index (χ4v) is 3.78. The van der Waals surface area contributed by atoms with Crippen LogP contribution in [0.4, 0.5) is 0 Å². The molecule has 2 aromatic carbocycles. The summed E-state index contributed by atoms with van der Waals surface area (Å²) in [5.74, 6) is 0. The molecule has 0 aliphatic carbocycles. The molecule has 1 heterocycles. The fraction of sp³-hybridized carbons (Fsp3) is 0.273. The fourth-order valence-electron chi connectivity index (χ4n) is 2.92. The van der Waals surface area contributed by atoms with Gasteiger partial charge < -0.3 is 10.2 Å². The molecular formula is C22H26N2S. The van der Waals surface area contributed by atoms with Gasteiger partial charge in [0.15, 0.2) is 0 Å². The molecule has 0 saturated carbocycles. The van der Waals surface area contributed by atoms with Gasteiger partial charge in [-0.25, -0.2) is 0 Å². The van der Waals surface area contributed by atoms with Crippen molar-refractivity contribution in [3.05, 3.63) is 82.6 Å². The van der Waals surface area contributed by atoms with Crippen molar-refractivity contribution in [2.45, 2.75) is 19.5 Å². The van der Waals surface area contributed by atoms with E-state index in [2.05, 4.69) is 89.4 Å². The summed E-state index contributed by atoms with van der Waals surface area (Å²) >= 11 is 1.84. The van der Waals surface area contributed by atoms with Crippen LogP contribution < -0.4 is 5.32 Å². The second-order valence-electron chi connectivity index (χ2n) is 6.42. The van der Waals surface area contributed by atoms with E-state index in [9.17, 15) is 0 Å². The highest BCUT2D eigenvalue weighted by molar-refractivity contribution is 7.10. The molecule has 0 atom stereocenters. The van der Waals surface area contributed by atoms with Gasteiger partial charge in [0.2, 0.25) is 0 Å². The third-order valence-electron chi connectivity index (χ3n) is 4.25. The molecule has 25 heavy (non-hydrogen) atoms. The summed E-state index contributed by atoms with van der Waals surface area (Å²) in [5, 5.41) is 5.82. The Morgan fingerprint density at radius 2 is 1.64 bits per heavy atom. The lowest BCUT2D eigenvalue weighted by atomic mass is 10.1. The first-order chi connectivity index (χ1) is 12.3. The first kappa shape index (κ1) is 17.9. The summed E-state index contributed by atoms with van der Waals surface area (Å²) in [7, 11) is 2.19. The van der Waals surface area contributed by atoms with Crippen LogP contribution in [0.1, 0.15) is 16.9 Å². The Labute approximate surface area is 155 Å². The summed E-state index contributed by atoms with van der Waals surface area (Å²) in [6, 6.07) is 23.6. The molecule has 0 saturated heterocycles. The van der Waals surface area contributed by atoms with Gasteiger partial charge in [-0.1, -0.05) is 60.7 Å². The van der Waals surface area contributed by atoms with Crippen molar-refractivity contribution in [2.24, 2.45) is 0 Å². The maximum Gasteiger partial charge on any atom is 0.0299 e. The van der Waals surface area contributed by atoms with E-state index in [-0.39, 0.29) is 0 Å². The second-order valence-corrected chi connectivity index (χ2v) is 7.42. The minimum atomic E-state index is 0.958. The third kappa shape index (κ3) is 5.82. The largest absolute Gasteiger partial charge is 0.312 e. The zero-order chi connectivity index (χ0) is 17.3. The van der Waals surface area contributed by atoms with Crippen molar-refractivity contribution in [1.29, 1.82) is 0 Å². The van der Waals surface area contributed by atoms with Gasteiger partial charge in [0, 0.05) is 18.0 Å². The molecule has 1 aromatic heterocycles. The molecule has 0 aliphatic rings. The van der Waals surface area contributed by atoms with Gasteiger partial charge in [0.05, 0.1) is 0 Å². The minimum Gasteiger partial charge on any atom is -0.312 e. The Bertz CT molecular complexity index is 737. The first-order valence-corrected chi connectivity index (χ1v) is 9.75. The lowest BCUT2D eigenvalue weighted by Crippen LogP contribution is -2.23. The van der Waals surface area contributed by atoms with Gasteiger partial charge in [-0.05, 0) is 54.7 Å². The van der Waals surface area contributed by atoms with Crippen LogP contribution in [0.5, 0.6) is 0 Å². The van der Waals surface area contributed by atoms with E-state index < -0.39 is 0 Å². The van der Waals surface area contributed by atoms with E-state index in [4.69, 9.17) is 0 Å². The van der Waals surface area contributed by atoms with E-state index in [1.54, 1.807) is 0 Å². The van der Waals surface area contributed by atoms with Crippen LogP contribution in [-0.2, 0) is 13.1 Å². The zero-order valence-corrected chi connectivity index (χ0v) is 15.6. The van der Waals surface area contributed by atoms with Crippen molar-refractivity contribution in [2.75, 3.05) is 20.1 Å². The van der Waals surface area contributed by atoms with Crippen LogP contribution in [0.3, 0.4) is 0 Å². The minimum absolute atomic E-state index is 0.958. The smallest absolute Gasteiger partial charge is 0.0299 e. The molecule has 0 unspecified atom stereocenters. The van der Waals surface area contributed by atoms with Crippen molar-refractivity contribution in [3.63, 3.8) is 0 Å². The molecule has 0 amide bonds. The van der Waals surface area contributed by atoms with E-state index in [0.717, 1.165) is 26.2 Å². The SMILES string of the molecule is CN(CCCNCc1cc(-c2ccccc2)cs1)Cc1ccccc1. The second kappa shape index (κ2) is 9.52. The molecule has 0 spiro atoms. The summed E-state index contributed by atoms with van der Waals surface area (Å²) in [4.78, 5) is 3.78. The number of nitrogens with zero attached hydrogens (tertiary/aromatic N) is 1. The van der Waals surface area contributed by atoms with Gasteiger partial charge in [-0.15, -0.1) is 11.3 Å². The Morgan fingerprint density at radius 1 is 0.920 bits per heavy atom. The summed E-state index contributed by atoms with van der Waals surface area (Å²) < 4.78 is 0. The van der Waals surface area contributed by atoms with Crippen molar-refractivity contribution in [3.8, 4) is 11.1 Å². The molecule has 0 bridgehead atoms. The van der Waals surface area contributed by atoms with Gasteiger partial charge in [0.25, 0.3) is 0 Å². The van der Waals surface area contributed by atoms with Gasteiger partial charge in [-0.2, -0.15) is 0 Å². The molecular weight excluding hydrogens is 324 g/mol. The van der Waals surface area contributed by atoms with Gasteiger partial charge in [0.1, 0.15) is 0 Å². The molecule has 130 valence electrons. The summed E-state index contributed by atoms with van der Waals surface area (Å²) in [6.45, 7) is 4.14. The van der Waals surface area contributed by atoms with Gasteiger partial charge >= 0.3 is 0 Å². The zero-order valence-electron chi connectivity index (χ0n) is 14.8. The highest BCUT2D eigenvalue weighted by Gasteiger charge is 2.03. The lowest BCUT2D eigenvalue weighted by molar-refractivity contribution is 0.319. The van der Waals surface area contributed by atoms with E-state index in [1.165, 1.54) is 28.0 Å². The van der Waals surface area contributed by atoms with Crippen LogP contribution in [-0.4, -0.2) is 25.0 Å². The molecule has 0 aliphatic heterocycles. The van der Waals surface area contributed by atoms with Crippen LogP contribution in [0, 0.1) is 0 Å².